The molecule has 2 aromatic carbocycles. The highest BCUT2D eigenvalue weighted by molar-refractivity contribution is 7.89. The predicted molar refractivity (Wildman–Crippen MR) is 127 cm³/mol. The second kappa shape index (κ2) is 10.9. The lowest BCUT2D eigenvalue weighted by Crippen LogP contribution is -2.26. The van der Waals surface area contributed by atoms with Crippen molar-refractivity contribution in [1.29, 1.82) is 0 Å². The predicted octanol–water partition coefficient (Wildman–Crippen LogP) is 2.52. The molecule has 11 heteroatoms. The van der Waals surface area contributed by atoms with E-state index in [2.05, 4.69) is 16.0 Å². The van der Waals surface area contributed by atoms with Crippen LogP contribution in [0.5, 0.6) is 5.75 Å². The molecule has 0 unspecified atom stereocenters. The quantitative estimate of drug-likeness (QED) is 0.401. The molecule has 0 saturated carbocycles. The van der Waals surface area contributed by atoms with E-state index in [0.717, 1.165) is 4.31 Å². The molecule has 1 heterocycles. The summed E-state index contributed by atoms with van der Waals surface area (Å²) in [6.45, 7) is 0.0839. The van der Waals surface area contributed by atoms with Gasteiger partial charge in [0, 0.05) is 25.5 Å². The lowest BCUT2D eigenvalue weighted by atomic mass is 10.1. The average Bonchev–Trinajstić information content (AvgIpc) is 3.35. The molecule has 0 aliphatic rings. The van der Waals surface area contributed by atoms with Crippen LogP contribution in [-0.2, 0) is 21.4 Å². The van der Waals surface area contributed by atoms with E-state index in [1.54, 1.807) is 42.5 Å². The second-order valence-electron chi connectivity index (χ2n) is 7.36. The monoisotopic (exact) mass is 486 g/mol. The number of methoxy groups -OCH3 is 1. The minimum absolute atomic E-state index is 0.0654. The Kier molecular flexibility index (Phi) is 7.92. The minimum Gasteiger partial charge on any atom is -0.495 e. The molecule has 34 heavy (non-hydrogen) atoms. The number of ether oxygens (including phenoxy) is 1. The van der Waals surface area contributed by atoms with Crippen LogP contribution in [0.2, 0.25) is 0 Å². The largest absolute Gasteiger partial charge is 0.495 e. The first kappa shape index (κ1) is 24.8. The molecule has 180 valence electrons. The standard InChI is InChI=1S/C23H26N4O6S/c1-27(2)34(30,31)21-13-16(10-11-20(21)32-3)26-22(28)15-24-19-9-5-4-8-18(19)23(29)25-14-17-7-6-12-33-17/h4-13,24H,14-15H2,1-3H3,(H,25,29)(H,26,28). The van der Waals surface area contributed by atoms with E-state index in [-0.39, 0.29) is 35.3 Å². The zero-order chi connectivity index (χ0) is 24.7. The van der Waals surface area contributed by atoms with Crippen molar-refractivity contribution in [1.82, 2.24) is 9.62 Å². The van der Waals surface area contributed by atoms with Crippen LogP contribution in [-0.4, -0.2) is 52.3 Å². The molecule has 3 N–H and O–H groups in total. The van der Waals surface area contributed by atoms with Crippen molar-refractivity contribution in [3.63, 3.8) is 0 Å². The number of sulfonamides is 1. The van der Waals surface area contributed by atoms with Gasteiger partial charge in [0.2, 0.25) is 15.9 Å². The summed E-state index contributed by atoms with van der Waals surface area (Å²) < 4.78 is 36.6. The maximum Gasteiger partial charge on any atom is 0.253 e. The molecule has 0 spiro atoms. The Morgan fingerprint density at radius 3 is 2.50 bits per heavy atom. The molecule has 0 bridgehead atoms. The number of anilines is 2. The minimum atomic E-state index is -3.78. The molecule has 3 rings (SSSR count). The number of nitrogens with one attached hydrogen (secondary N) is 3. The lowest BCUT2D eigenvalue weighted by Gasteiger charge is -2.16. The molecule has 0 saturated heterocycles. The first-order valence-electron chi connectivity index (χ1n) is 10.3. The topological polar surface area (TPSA) is 130 Å². The molecule has 3 aromatic rings. The van der Waals surface area contributed by atoms with E-state index in [1.165, 1.54) is 39.6 Å². The fourth-order valence-corrected chi connectivity index (χ4v) is 4.12. The number of carbonyl (C=O) groups is 2. The molecule has 0 fully saturated rings. The molecule has 0 aliphatic heterocycles. The Morgan fingerprint density at radius 1 is 1.06 bits per heavy atom. The fraction of sp³-hybridized carbons (Fsp3) is 0.217. The number of amides is 2. The van der Waals surface area contributed by atoms with Crippen LogP contribution < -0.4 is 20.7 Å². The summed E-state index contributed by atoms with van der Waals surface area (Å²) >= 11 is 0. The van der Waals surface area contributed by atoms with Gasteiger partial charge in [0.25, 0.3) is 5.91 Å². The number of nitrogens with zero attached hydrogens (tertiary/aromatic N) is 1. The second-order valence-corrected chi connectivity index (χ2v) is 9.48. The van der Waals surface area contributed by atoms with Gasteiger partial charge in [0.05, 0.1) is 32.0 Å². The summed E-state index contributed by atoms with van der Waals surface area (Å²) in [6.07, 6.45) is 1.53. The summed E-state index contributed by atoms with van der Waals surface area (Å²) in [4.78, 5) is 25.0. The van der Waals surface area contributed by atoms with Crippen LogP contribution in [0.25, 0.3) is 0 Å². The first-order valence-corrected chi connectivity index (χ1v) is 11.7. The third-order valence-corrected chi connectivity index (χ3v) is 6.66. The van der Waals surface area contributed by atoms with Gasteiger partial charge >= 0.3 is 0 Å². The average molecular weight is 487 g/mol. The van der Waals surface area contributed by atoms with Crippen molar-refractivity contribution in [3.05, 3.63) is 72.2 Å². The Balaban J connectivity index is 1.66. The third kappa shape index (κ3) is 5.94. The summed E-state index contributed by atoms with van der Waals surface area (Å²) in [6, 6.07) is 14.6. The Bertz CT molecular complexity index is 1260. The molecule has 1 aromatic heterocycles. The van der Waals surface area contributed by atoms with Gasteiger partial charge < -0.3 is 25.1 Å². The van der Waals surface area contributed by atoms with Gasteiger partial charge in [0.15, 0.2) is 0 Å². The van der Waals surface area contributed by atoms with Gasteiger partial charge in [0.1, 0.15) is 16.4 Å². The van der Waals surface area contributed by atoms with Crippen LogP contribution in [0.1, 0.15) is 16.1 Å². The SMILES string of the molecule is COc1ccc(NC(=O)CNc2ccccc2C(=O)NCc2ccco2)cc1S(=O)(=O)N(C)C. The molecule has 0 atom stereocenters. The van der Waals surface area contributed by atoms with Crippen molar-refractivity contribution in [2.75, 3.05) is 38.4 Å². The summed E-state index contributed by atoms with van der Waals surface area (Å²) in [5.41, 5.74) is 1.13. The highest BCUT2D eigenvalue weighted by Gasteiger charge is 2.23. The molecule has 10 nitrogen and oxygen atoms in total. The van der Waals surface area contributed by atoms with E-state index >= 15 is 0 Å². The Morgan fingerprint density at radius 2 is 1.82 bits per heavy atom. The Labute approximate surface area is 198 Å². The molecule has 2 amide bonds. The number of hydrogen-bond acceptors (Lipinski definition) is 7. The van der Waals surface area contributed by atoms with E-state index < -0.39 is 15.9 Å². The highest BCUT2D eigenvalue weighted by Crippen LogP contribution is 2.28. The van der Waals surface area contributed by atoms with Crippen molar-refractivity contribution < 1.29 is 27.2 Å². The van der Waals surface area contributed by atoms with Crippen molar-refractivity contribution in [2.24, 2.45) is 0 Å². The van der Waals surface area contributed by atoms with Gasteiger partial charge in [-0.3, -0.25) is 9.59 Å². The smallest absolute Gasteiger partial charge is 0.253 e. The maximum atomic E-state index is 12.6. The van der Waals surface area contributed by atoms with Crippen LogP contribution >= 0.6 is 0 Å². The lowest BCUT2D eigenvalue weighted by molar-refractivity contribution is -0.114. The van der Waals surface area contributed by atoms with E-state index in [0.29, 0.717) is 17.0 Å². The van der Waals surface area contributed by atoms with Crippen molar-refractivity contribution >= 4 is 33.2 Å². The highest BCUT2D eigenvalue weighted by atomic mass is 32.2. The van der Waals surface area contributed by atoms with Gasteiger partial charge in [-0.05, 0) is 42.5 Å². The zero-order valence-electron chi connectivity index (χ0n) is 19.0. The van der Waals surface area contributed by atoms with E-state index in [9.17, 15) is 18.0 Å². The van der Waals surface area contributed by atoms with Crippen molar-refractivity contribution in [2.45, 2.75) is 11.4 Å². The number of benzene rings is 2. The molecule has 0 aliphatic carbocycles. The van der Waals surface area contributed by atoms with E-state index in [4.69, 9.17) is 9.15 Å². The van der Waals surface area contributed by atoms with Crippen LogP contribution in [0.4, 0.5) is 11.4 Å². The van der Waals surface area contributed by atoms with Crippen LogP contribution in [0, 0.1) is 0 Å². The Hall–Kier alpha value is -3.83. The number of rotatable bonds is 10. The van der Waals surface area contributed by atoms with Crippen LogP contribution in [0.3, 0.4) is 0 Å². The number of para-hydroxylation sites is 1. The third-order valence-electron chi connectivity index (χ3n) is 4.82. The maximum absolute atomic E-state index is 12.6. The van der Waals surface area contributed by atoms with Crippen LogP contribution in [0.15, 0.2) is 70.2 Å². The summed E-state index contributed by atoms with van der Waals surface area (Å²) in [7, 11) is 0.407. The number of furan rings is 1. The first-order chi connectivity index (χ1) is 16.2. The van der Waals surface area contributed by atoms with Gasteiger partial charge in [-0.1, -0.05) is 12.1 Å². The van der Waals surface area contributed by atoms with Gasteiger partial charge in [-0.25, -0.2) is 12.7 Å². The normalized spacial score (nSPS) is 11.2. The molecular formula is C23H26N4O6S. The zero-order valence-corrected chi connectivity index (χ0v) is 19.8. The number of hydrogen-bond donors (Lipinski definition) is 3. The number of carbonyl (C=O) groups excluding carboxylic acids is 2. The van der Waals surface area contributed by atoms with Crippen molar-refractivity contribution in [3.8, 4) is 5.75 Å². The van der Waals surface area contributed by atoms with E-state index in [1.807, 2.05) is 0 Å². The molecule has 0 radical (unpaired) electrons. The fourth-order valence-electron chi connectivity index (χ4n) is 3.04. The summed E-state index contributed by atoms with van der Waals surface area (Å²) in [5, 5.41) is 8.36. The molecular weight excluding hydrogens is 460 g/mol. The van der Waals surface area contributed by atoms with Gasteiger partial charge in [-0.2, -0.15) is 0 Å². The summed E-state index contributed by atoms with van der Waals surface area (Å²) in [5.74, 6) is 0.0328. The van der Waals surface area contributed by atoms with Gasteiger partial charge in [-0.15, -0.1) is 0 Å².